The zero-order valence-corrected chi connectivity index (χ0v) is 20.9. The quantitative estimate of drug-likeness (QED) is 0.573. The fourth-order valence-electron chi connectivity index (χ4n) is 4.17. The molecule has 0 bridgehead atoms. The summed E-state index contributed by atoms with van der Waals surface area (Å²) >= 11 is 0. The number of likely N-dealkylation sites (tertiary alicyclic amines) is 1. The molecule has 1 fully saturated rings. The molecule has 3 rings (SSSR count). The van der Waals surface area contributed by atoms with E-state index in [1.54, 1.807) is 67.7 Å². The first kappa shape index (κ1) is 26.1. The van der Waals surface area contributed by atoms with Crippen molar-refractivity contribution in [3.63, 3.8) is 0 Å². The number of amides is 3. The van der Waals surface area contributed by atoms with Gasteiger partial charge in [-0.15, -0.1) is 0 Å². The normalized spacial score (nSPS) is 15.6. The van der Waals surface area contributed by atoms with Crippen LogP contribution in [0.2, 0.25) is 0 Å². The van der Waals surface area contributed by atoms with Crippen molar-refractivity contribution in [1.29, 1.82) is 0 Å². The number of benzene rings is 2. The molecule has 1 aliphatic rings. The Morgan fingerprint density at radius 3 is 2.20 bits per heavy atom. The number of ether oxygens (including phenoxy) is 2. The van der Waals surface area contributed by atoms with Crippen molar-refractivity contribution in [3.8, 4) is 11.5 Å². The van der Waals surface area contributed by atoms with Crippen molar-refractivity contribution in [2.45, 2.75) is 45.2 Å². The summed E-state index contributed by atoms with van der Waals surface area (Å²) in [5.41, 5.74) is 1.03. The molecule has 0 radical (unpaired) electrons. The first-order valence-corrected chi connectivity index (χ1v) is 12.0. The van der Waals surface area contributed by atoms with Gasteiger partial charge in [0.15, 0.2) is 0 Å². The van der Waals surface area contributed by atoms with E-state index >= 15 is 0 Å². The Labute approximate surface area is 207 Å². The molecule has 0 unspecified atom stereocenters. The molecule has 0 saturated carbocycles. The Morgan fingerprint density at radius 1 is 0.943 bits per heavy atom. The average Bonchev–Trinajstić information content (AvgIpc) is 2.91. The predicted octanol–water partition coefficient (Wildman–Crippen LogP) is 3.27. The molecule has 8 nitrogen and oxygen atoms in total. The van der Waals surface area contributed by atoms with Crippen molar-refractivity contribution < 1.29 is 23.9 Å². The molecular formula is C27H35N3O5. The van der Waals surface area contributed by atoms with Gasteiger partial charge in [-0.3, -0.25) is 14.4 Å². The largest absolute Gasteiger partial charge is 0.497 e. The van der Waals surface area contributed by atoms with E-state index in [0.29, 0.717) is 48.6 Å². The Balaban J connectivity index is 1.70. The standard InChI is InChI=1S/C27H35N3O5/c1-5-18(2)28-26(32)24(29-25(31)20-9-11-22(34-3)12-10-20)19-13-15-30(16-14-19)27(33)21-7-6-8-23(17-21)35-4/h6-12,17-19,24H,5,13-16H2,1-4H3,(H,28,32)(H,29,31)/t18-,24-/m1/s1. The zero-order chi connectivity index (χ0) is 25.4. The van der Waals surface area contributed by atoms with Crippen LogP contribution in [0.5, 0.6) is 11.5 Å². The Morgan fingerprint density at radius 2 is 1.60 bits per heavy atom. The van der Waals surface area contributed by atoms with Gasteiger partial charge in [-0.2, -0.15) is 0 Å². The molecule has 1 saturated heterocycles. The maximum atomic E-state index is 13.1. The molecule has 0 aromatic heterocycles. The minimum Gasteiger partial charge on any atom is -0.497 e. The third kappa shape index (κ3) is 6.74. The van der Waals surface area contributed by atoms with Crippen LogP contribution in [0.15, 0.2) is 48.5 Å². The third-order valence-electron chi connectivity index (χ3n) is 6.54. The lowest BCUT2D eigenvalue weighted by Gasteiger charge is -2.36. The molecule has 2 atom stereocenters. The molecule has 2 N–H and O–H groups in total. The highest BCUT2D eigenvalue weighted by atomic mass is 16.5. The molecule has 8 heteroatoms. The smallest absolute Gasteiger partial charge is 0.253 e. The third-order valence-corrected chi connectivity index (χ3v) is 6.54. The van der Waals surface area contributed by atoms with Gasteiger partial charge in [0, 0.05) is 30.3 Å². The maximum absolute atomic E-state index is 13.1. The van der Waals surface area contributed by atoms with Crippen LogP contribution >= 0.6 is 0 Å². The second kappa shape index (κ2) is 12.2. The van der Waals surface area contributed by atoms with Crippen LogP contribution < -0.4 is 20.1 Å². The van der Waals surface area contributed by atoms with Gasteiger partial charge >= 0.3 is 0 Å². The van der Waals surface area contributed by atoms with Gasteiger partial charge in [-0.1, -0.05) is 13.0 Å². The van der Waals surface area contributed by atoms with Crippen LogP contribution in [-0.2, 0) is 4.79 Å². The summed E-state index contributed by atoms with van der Waals surface area (Å²) in [6, 6.07) is 13.2. The van der Waals surface area contributed by atoms with E-state index in [2.05, 4.69) is 10.6 Å². The molecule has 35 heavy (non-hydrogen) atoms. The molecular weight excluding hydrogens is 446 g/mol. The lowest BCUT2D eigenvalue weighted by molar-refractivity contribution is -0.125. The van der Waals surface area contributed by atoms with Gasteiger partial charge in [0.25, 0.3) is 11.8 Å². The topological polar surface area (TPSA) is 97.0 Å². The highest BCUT2D eigenvalue weighted by Gasteiger charge is 2.34. The minimum atomic E-state index is -0.687. The van der Waals surface area contributed by atoms with Crippen LogP contribution in [0.1, 0.15) is 53.8 Å². The number of nitrogens with zero attached hydrogens (tertiary/aromatic N) is 1. The van der Waals surface area contributed by atoms with Crippen molar-refractivity contribution in [3.05, 3.63) is 59.7 Å². The van der Waals surface area contributed by atoms with Crippen molar-refractivity contribution in [2.75, 3.05) is 27.3 Å². The van der Waals surface area contributed by atoms with E-state index in [1.807, 2.05) is 13.8 Å². The van der Waals surface area contributed by atoms with Gasteiger partial charge in [-0.25, -0.2) is 0 Å². The lowest BCUT2D eigenvalue weighted by Crippen LogP contribution is -2.55. The summed E-state index contributed by atoms with van der Waals surface area (Å²) < 4.78 is 10.4. The van der Waals surface area contributed by atoms with Crippen LogP contribution in [-0.4, -0.2) is 62.0 Å². The molecule has 0 spiro atoms. The minimum absolute atomic E-state index is 0.00221. The molecule has 2 aromatic carbocycles. The highest BCUT2D eigenvalue weighted by molar-refractivity contribution is 5.98. The summed E-state index contributed by atoms with van der Waals surface area (Å²) in [5.74, 6) is 0.626. The molecule has 0 aliphatic carbocycles. The first-order valence-electron chi connectivity index (χ1n) is 12.0. The Hall–Kier alpha value is -3.55. The number of hydrogen-bond donors (Lipinski definition) is 2. The van der Waals surface area contributed by atoms with Crippen molar-refractivity contribution in [2.24, 2.45) is 5.92 Å². The van der Waals surface area contributed by atoms with Gasteiger partial charge < -0.3 is 25.0 Å². The number of piperidine rings is 1. The van der Waals surface area contributed by atoms with E-state index in [0.717, 1.165) is 6.42 Å². The molecule has 188 valence electrons. The van der Waals surface area contributed by atoms with Gasteiger partial charge in [0.2, 0.25) is 5.91 Å². The van der Waals surface area contributed by atoms with E-state index in [1.165, 1.54) is 0 Å². The van der Waals surface area contributed by atoms with Crippen molar-refractivity contribution in [1.82, 2.24) is 15.5 Å². The predicted molar refractivity (Wildman–Crippen MR) is 134 cm³/mol. The summed E-state index contributed by atoms with van der Waals surface area (Å²) in [6.45, 7) is 4.95. The summed E-state index contributed by atoms with van der Waals surface area (Å²) in [6.07, 6.45) is 2.01. The van der Waals surface area contributed by atoms with E-state index in [-0.39, 0.29) is 29.7 Å². The van der Waals surface area contributed by atoms with E-state index in [4.69, 9.17) is 9.47 Å². The highest BCUT2D eigenvalue weighted by Crippen LogP contribution is 2.24. The number of nitrogens with one attached hydrogen (secondary N) is 2. The first-order chi connectivity index (χ1) is 16.9. The van der Waals surface area contributed by atoms with E-state index in [9.17, 15) is 14.4 Å². The summed E-state index contributed by atoms with van der Waals surface area (Å²) in [7, 11) is 3.13. The van der Waals surface area contributed by atoms with Crippen LogP contribution in [0.4, 0.5) is 0 Å². The number of methoxy groups -OCH3 is 2. The maximum Gasteiger partial charge on any atom is 0.253 e. The fraction of sp³-hybridized carbons (Fsp3) is 0.444. The number of hydrogen-bond acceptors (Lipinski definition) is 5. The second-order valence-corrected chi connectivity index (χ2v) is 8.86. The van der Waals surface area contributed by atoms with Crippen molar-refractivity contribution >= 4 is 17.7 Å². The Kier molecular flexibility index (Phi) is 9.11. The van der Waals surface area contributed by atoms with Gasteiger partial charge in [0.1, 0.15) is 17.5 Å². The van der Waals surface area contributed by atoms with Crippen LogP contribution in [0, 0.1) is 5.92 Å². The number of carbonyl (C=O) groups is 3. The van der Waals surface area contributed by atoms with E-state index < -0.39 is 6.04 Å². The van der Waals surface area contributed by atoms with Crippen LogP contribution in [0.3, 0.4) is 0 Å². The number of rotatable bonds is 9. The van der Waals surface area contributed by atoms with Gasteiger partial charge in [-0.05, 0) is 74.6 Å². The molecule has 1 aliphatic heterocycles. The molecule has 3 amide bonds. The van der Waals surface area contributed by atoms with Gasteiger partial charge in [0.05, 0.1) is 14.2 Å². The fourth-order valence-corrected chi connectivity index (χ4v) is 4.17. The molecule has 1 heterocycles. The summed E-state index contributed by atoms with van der Waals surface area (Å²) in [5, 5.41) is 5.96. The Bertz CT molecular complexity index is 1020. The molecule has 2 aromatic rings. The summed E-state index contributed by atoms with van der Waals surface area (Å²) in [4.78, 5) is 40.9. The SMILES string of the molecule is CC[C@@H](C)NC(=O)[C@H](NC(=O)c1ccc(OC)cc1)C1CCN(C(=O)c2cccc(OC)c2)CC1. The average molecular weight is 482 g/mol. The monoisotopic (exact) mass is 481 g/mol. The lowest BCUT2D eigenvalue weighted by atomic mass is 9.88. The van der Waals surface area contributed by atoms with Crippen LogP contribution in [0.25, 0.3) is 0 Å². The number of carbonyl (C=O) groups excluding carboxylic acids is 3. The zero-order valence-electron chi connectivity index (χ0n) is 20.9. The second-order valence-electron chi connectivity index (χ2n) is 8.86.